The normalized spacial score (nSPS) is 29.1. The Kier molecular flexibility index (Phi) is 4.42. The van der Waals surface area contributed by atoms with E-state index in [4.69, 9.17) is 17.3 Å². The topological polar surface area (TPSA) is 29.3 Å². The fourth-order valence-corrected chi connectivity index (χ4v) is 5.19. The highest BCUT2D eigenvalue weighted by molar-refractivity contribution is 8.00. The molecule has 96 valence electrons. The fourth-order valence-electron chi connectivity index (χ4n) is 2.52. The Morgan fingerprint density at radius 1 is 1.59 bits per heavy atom. The van der Waals surface area contributed by atoms with Gasteiger partial charge in [0.05, 0.1) is 4.34 Å². The molecule has 2 N–H and O–H groups in total. The van der Waals surface area contributed by atoms with E-state index >= 15 is 0 Å². The molecule has 1 fully saturated rings. The van der Waals surface area contributed by atoms with Crippen molar-refractivity contribution in [1.82, 2.24) is 4.90 Å². The highest BCUT2D eigenvalue weighted by Gasteiger charge is 2.43. The van der Waals surface area contributed by atoms with Crippen LogP contribution in [0.1, 0.15) is 18.2 Å². The van der Waals surface area contributed by atoms with Crippen LogP contribution in [0.4, 0.5) is 0 Å². The number of thiophene rings is 1. The van der Waals surface area contributed by atoms with Crippen molar-refractivity contribution >= 4 is 34.7 Å². The third-order valence-electron chi connectivity index (χ3n) is 3.80. The van der Waals surface area contributed by atoms with Gasteiger partial charge in [-0.1, -0.05) is 18.5 Å². The number of thioether (sulfide) groups is 1. The van der Waals surface area contributed by atoms with Crippen LogP contribution in [-0.2, 0) is 6.54 Å². The summed E-state index contributed by atoms with van der Waals surface area (Å²) in [5, 5.41) is 0.605. The summed E-state index contributed by atoms with van der Waals surface area (Å²) < 4.78 is 0.865. The first kappa shape index (κ1) is 13.7. The molecule has 0 radical (unpaired) electrons. The molecule has 1 aliphatic rings. The van der Waals surface area contributed by atoms with Crippen LogP contribution in [0.3, 0.4) is 0 Å². The molecule has 0 saturated carbocycles. The highest BCUT2D eigenvalue weighted by Crippen LogP contribution is 2.40. The summed E-state index contributed by atoms with van der Waals surface area (Å²) >= 11 is 9.66. The maximum atomic E-state index is 6.04. The maximum Gasteiger partial charge on any atom is 0.0931 e. The molecule has 2 unspecified atom stereocenters. The molecule has 2 atom stereocenters. The highest BCUT2D eigenvalue weighted by atomic mass is 35.5. The van der Waals surface area contributed by atoms with Gasteiger partial charge < -0.3 is 5.73 Å². The predicted molar refractivity (Wildman–Crippen MR) is 79.1 cm³/mol. The summed E-state index contributed by atoms with van der Waals surface area (Å²) in [6.45, 7) is 3.97. The van der Waals surface area contributed by atoms with Gasteiger partial charge in [-0.2, -0.15) is 11.8 Å². The van der Waals surface area contributed by atoms with Crippen molar-refractivity contribution in [2.75, 3.05) is 19.3 Å². The SMILES string of the molecule is CC1SCCC1(CN)N(C)Cc1ccc(Cl)s1. The van der Waals surface area contributed by atoms with E-state index in [1.807, 2.05) is 17.8 Å². The van der Waals surface area contributed by atoms with E-state index in [1.54, 1.807) is 11.3 Å². The molecular formula is C12H19ClN2S2. The van der Waals surface area contributed by atoms with Crippen LogP contribution in [0.15, 0.2) is 12.1 Å². The molecule has 1 saturated heterocycles. The Balaban J connectivity index is 2.10. The van der Waals surface area contributed by atoms with E-state index in [0.29, 0.717) is 5.25 Å². The second-order valence-corrected chi connectivity index (χ2v) is 7.88. The number of hydrogen-bond donors (Lipinski definition) is 1. The summed E-state index contributed by atoms with van der Waals surface area (Å²) in [5.74, 6) is 1.22. The van der Waals surface area contributed by atoms with Gasteiger partial charge in [-0.15, -0.1) is 11.3 Å². The van der Waals surface area contributed by atoms with Gasteiger partial charge in [-0.25, -0.2) is 0 Å². The average Bonchev–Trinajstić information content (AvgIpc) is 2.86. The molecule has 0 spiro atoms. The summed E-state index contributed by atoms with van der Waals surface area (Å²) in [6.07, 6.45) is 1.19. The lowest BCUT2D eigenvalue weighted by Gasteiger charge is -2.40. The van der Waals surface area contributed by atoms with Crippen molar-refractivity contribution < 1.29 is 0 Å². The number of hydrogen-bond acceptors (Lipinski definition) is 4. The zero-order chi connectivity index (χ0) is 12.5. The average molecular weight is 291 g/mol. The van der Waals surface area contributed by atoms with Gasteiger partial charge in [0.1, 0.15) is 0 Å². The van der Waals surface area contributed by atoms with Gasteiger partial charge in [-0.05, 0) is 31.4 Å². The Bertz CT molecular complexity index is 382. The number of nitrogens with zero attached hydrogens (tertiary/aromatic N) is 1. The number of rotatable bonds is 4. The smallest absolute Gasteiger partial charge is 0.0931 e. The summed E-state index contributed by atoms with van der Waals surface area (Å²) in [5.41, 5.74) is 6.20. The molecule has 1 aromatic rings. The Labute approximate surface area is 117 Å². The molecule has 0 aromatic carbocycles. The molecule has 5 heteroatoms. The predicted octanol–water partition coefficient (Wildman–Crippen LogP) is 3.06. The first-order valence-corrected chi connectivity index (χ1v) is 8.10. The van der Waals surface area contributed by atoms with Gasteiger partial charge in [0.25, 0.3) is 0 Å². The second-order valence-electron chi connectivity index (χ2n) is 4.63. The third-order valence-corrected chi connectivity index (χ3v) is 6.39. The third kappa shape index (κ3) is 2.66. The lowest BCUT2D eigenvalue weighted by atomic mass is 9.91. The molecule has 1 aliphatic heterocycles. The van der Waals surface area contributed by atoms with E-state index in [1.165, 1.54) is 17.1 Å². The Morgan fingerprint density at radius 3 is 2.82 bits per heavy atom. The van der Waals surface area contributed by atoms with Crippen molar-refractivity contribution in [3.63, 3.8) is 0 Å². The molecule has 1 aromatic heterocycles. The van der Waals surface area contributed by atoms with E-state index in [0.717, 1.165) is 17.4 Å². The molecule has 17 heavy (non-hydrogen) atoms. The van der Waals surface area contributed by atoms with Crippen LogP contribution in [0.25, 0.3) is 0 Å². The van der Waals surface area contributed by atoms with Gasteiger partial charge in [0, 0.05) is 28.8 Å². The second kappa shape index (κ2) is 5.49. The van der Waals surface area contributed by atoms with Crippen LogP contribution in [0.2, 0.25) is 4.34 Å². The van der Waals surface area contributed by atoms with Crippen LogP contribution < -0.4 is 5.73 Å². The van der Waals surface area contributed by atoms with Crippen molar-refractivity contribution in [2.45, 2.75) is 30.7 Å². The summed E-state index contributed by atoms with van der Waals surface area (Å²) in [7, 11) is 2.18. The van der Waals surface area contributed by atoms with E-state index in [9.17, 15) is 0 Å². The van der Waals surface area contributed by atoms with E-state index in [-0.39, 0.29) is 5.54 Å². The van der Waals surface area contributed by atoms with Crippen molar-refractivity contribution in [2.24, 2.45) is 5.73 Å². The summed E-state index contributed by atoms with van der Waals surface area (Å²) in [4.78, 5) is 3.73. The number of halogens is 1. The minimum Gasteiger partial charge on any atom is -0.329 e. The van der Waals surface area contributed by atoms with E-state index < -0.39 is 0 Å². The minimum absolute atomic E-state index is 0.154. The minimum atomic E-state index is 0.154. The first-order valence-electron chi connectivity index (χ1n) is 5.85. The molecule has 0 aliphatic carbocycles. The molecule has 2 nitrogen and oxygen atoms in total. The van der Waals surface area contributed by atoms with Crippen molar-refractivity contribution in [3.8, 4) is 0 Å². The van der Waals surface area contributed by atoms with Crippen LogP contribution >= 0.6 is 34.7 Å². The maximum absolute atomic E-state index is 6.04. The molecular weight excluding hydrogens is 272 g/mol. The van der Waals surface area contributed by atoms with Crippen LogP contribution in [0.5, 0.6) is 0 Å². The number of nitrogens with two attached hydrogens (primary N) is 1. The first-order chi connectivity index (χ1) is 8.08. The Hall–Kier alpha value is 0.260. The Morgan fingerprint density at radius 2 is 2.35 bits per heavy atom. The number of likely N-dealkylation sites (N-methyl/N-ethyl adjacent to an activating group) is 1. The molecule has 0 bridgehead atoms. The lowest BCUT2D eigenvalue weighted by Crippen LogP contribution is -2.55. The standard InChI is InChI=1S/C12H19ClN2S2/c1-9-12(8-14,5-6-16-9)15(2)7-10-3-4-11(13)17-10/h3-4,9H,5-8,14H2,1-2H3. The van der Waals surface area contributed by atoms with Gasteiger partial charge in [0.2, 0.25) is 0 Å². The lowest BCUT2D eigenvalue weighted by molar-refractivity contribution is 0.123. The molecule has 2 heterocycles. The van der Waals surface area contributed by atoms with Crippen LogP contribution in [-0.4, -0.2) is 35.0 Å². The quantitative estimate of drug-likeness (QED) is 0.924. The van der Waals surface area contributed by atoms with E-state index in [2.05, 4.69) is 24.9 Å². The largest absolute Gasteiger partial charge is 0.329 e. The monoisotopic (exact) mass is 290 g/mol. The van der Waals surface area contributed by atoms with Crippen molar-refractivity contribution in [3.05, 3.63) is 21.3 Å². The zero-order valence-electron chi connectivity index (χ0n) is 10.3. The van der Waals surface area contributed by atoms with Gasteiger partial charge >= 0.3 is 0 Å². The van der Waals surface area contributed by atoms with Crippen molar-refractivity contribution in [1.29, 1.82) is 0 Å². The fraction of sp³-hybridized carbons (Fsp3) is 0.667. The van der Waals surface area contributed by atoms with Gasteiger partial charge in [-0.3, -0.25) is 4.90 Å². The molecule has 2 rings (SSSR count). The van der Waals surface area contributed by atoms with Gasteiger partial charge in [0.15, 0.2) is 0 Å². The summed E-state index contributed by atoms with van der Waals surface area (Å²) in [6, 6.07) is 4.08. The molecule has 0 amide bonds. The zero-order valence-corrected chi connectivity index (χ0v) is 12.7. The van der Waals surface area contributed by atoms with Crippen LogP contribution in [0, 0.1) is 0 Å².